The van der Waals surface area contributed by atoms with Crippen LogP contribution in [0, 0.1) is 22.7 Å². The van der Waals surface area contributed by atoms with Gasteiger partial charge in [0.1, 0.15) is 0 Å². The van der Waals surface area contributed by atoms with E-state index in [0.29, 0.717) is 51.4 Å². The molecule has 0 aromatic rings. The summed E-state index contributed by atoms with van der Waals surface area (Å²) in [4.78, 5) is 24.4. The lowest BCUT2D eigenvalue weighted by Crippen LogP contribution is -2.54. The van der Waals surface area contributed by atoms with E-state index in [1.807, 2.05) is 13.8 Å². The second-order valence-electron chi connectivity index (χ2n) is 12.3. The second kappa shape index (κ2) is 10.9. The Bertz CT molecular complexity index is 1260. The van der Waals surface area contributed by atoms with Crippen molar-refractivity contribution in [1.29, 1.82) is 0 Å². The number of sulfonamides is 2. The maximum Gasteiger partial charge on any atom is 0.455 e. The first kappa shape index (κ1) is 31.9. The van der Waals surface area contributed by atoms with Gasteiger partial charge in [0.25, 0.3) is 0 Å². The average Bonchev–Trinajstić information content (AvgIpc) is 2.84. The van der Waals surface area contributed by atoms with E-state index in [1.54, 1.807) is 0 Å². The lowest BCUT2D eigenvalue weighted by Gasteiger charge is -2.43. The van der Waals surface area contributed by atoms with Crippen LogP contribution in [0.1, 0.15) is 78.1 Å². The van der Waals surface area contributed by atoms with Crippen molar-refractivity contribution >= 4 is 32.0 Å². The van der Waals surface area contributed by atoms with Crippen LogP contribution in [0.4, 0.5) is 17.6 Å². The SMILES string of the molecule is CC1C=C2CCCC(COC(=O)C(F)(F)S(=O)(=O)NS(=O)(=O)C(F)(F)C(=O)OCC34CCCC(=CC(C)C3)C4)(C2)C1. The molecule has 4 rings (SSSR count). The van der Waals surface area contributed by atoms with E-state index in [4.69, 9.17) is 0 Å². The van der Waals surface area contributed by atoms with Gasteiger partial charge in [0.15, 0.2) is 0 Å². The predicted molar refractivity (Wildman–Crippen MR) is 138 cm³/mol. The van der Waals surface area contributed by atoms with Crippen molar-refractivity contribution in [2.24, 2.45) is 22.7 Å². The molecule has 9 nitrogen and oxygen atoms in total. The number of esters is 2. The molecule has 15 heteroatoms. The molecule has 4 aliphatic carbocycles. The molecule has 0 radical (unpaired) electrons. The van der Waals surface area contributed by atoms with Gasteiger partial charge in [0.05, 0.1) is 13.2 Å². The van der Waals surface area contributed by atoms with E-state index in [9.17, 15) is 44.0 Å². The Balaban J connectivity index is 1.40. The lowest BCUT2D eigenvalue weighted by atomic mass is 9.64. The van der Waals surface area contributed by atoms with E-state index >= 15 is 0 Å². The number of nitrogens with one attached hydrogen (secondary N) is 1. The minimum atomic E-state index is -6.63. The van der Waals surface area contributed by atoms with Crippen LogP contribution in [0.25, 0.3) is 0 Å². The lowest BCUT2D eigenvalue weighted by molar-refractivity contribution is -0.165. The summed E-state index contributed by atoms with van der Waals surface area (Å²) in [6, 6.07) is 0. The zero-order chi connectivity index (χ0) is 30.5. The van der Waals surface area contributed by atoms with Crippen molar-refractivity contribution in [3.05, 3.63) is 23.3 Å². The molecule has 41 heavy (non-hydrogen) atoms. The fraction of sp³-hybridized carbons (Fsp3) is 0.769. The van der Waals surface area contributed by atoms with E-state index in [2.05, 4.69) is 21.6 Å². The molecular formula is C26H35F4NO8S2. The highest BCUT2D eigenvalue weighted by Gasteiger charge is 2.63. The number of ether oxygens (including phenoxy) is 2. The second-order valence-corrected chi connectivity index (χ2v) is 16.1. The van der Waals surface area contributed by atoms with Gasteiger partial charge in [-0.05, 0) is 76.0 Å². The number of alkyl halides is 4. The smallest absolute Gasteiger partial charge is 0.455 e. The van der Waals surface area contributed by atoms with Crippen molar-refractivity contribution in [3.8, 4) is 0 Å². The molecule has 2 saturated carbocycles. The van der Waals surface area contributed by atoms with Gasteiger partial charge in [-0.1, -0.05) is 41.3 Å². The van der Waals surface area contributed by atoms with E-state index < -0.39 is 66.5 Å². The topological polar surface area (TPSA) is 133 Å². The number of rotatable bonds is 10. The third kappa shape index (κ3) is 6.36. The third-order valence-corrected chi connectivity index (χ3v) is 12.0. The molecule has 4 aliphatic rings. The molecule has 1 N–H and O–H groups in total. The van der Waals surface area contributed by atoms with Gasteiger partial charge in [-0.2, -0.15) is 17.6 Å². The average molecular weight is 630 g/mol. The zero-order valence-corrected chi connectivity index (χ0v) is 24.5. The maximum absolute atomic E-state index is 14.7. The maximum atomic E-state index is 14.7. The van der Waals surface area contributed by atoms with Crippen molar-refractivity contribution in [2.45, 2.75) is 88.6 Å². The van der Waals surface area contributed by atoms with Crippen molar-refractivity contribution in [1.82, 2.24) is 4.13 Å². The van der Waals surface area contributed by atoms with Crippen LogP contribution in [0.2, 0.25) is 0 Å². The van der Waals surface area contributed by atoms with Gasteiger partial charge in [-0.3, -0.25) is 0 Å². The molecule has 4 bridgehead atoms. The standard InChI is InChI=1S/C26H35F4NO8S2/c1-17-9-19-5-3-7-23(11-17,13-19)15-38-21(32)25(27,28)40(34,35)31-41(36,37)26(29,30)22(33)39-16-24-8-4-6-20(14-24)10-18(2)12-24/h9-10,17-18,31H,3-8,11-16H2,1-2H3. The monoisotopic (exact) mass is 629 g/mol. The number of fused-ring (bicyclic) bond motifs is 4. The Labute approximate surface area is 237 Å². The molecule has 0 spiro atoms. The molecule has 0 saturated heterocycles. The zero-order valence-electron chi connectivity index (χ0n) is 22.9. The van der Waals surface area contributed by atoms with E-state index in [-0.39, 0.29) is 16.0 Å². The molecule has 232 valence electrons. The van der Waals surface area contributed by atoms with Crippen LogP contribution < -0.4 is 4.13 Å². The normalized spacial score (nSPS) is 30.6. The van der Waals surface area contributed by atoms with Gasteiger partial charge in [-0.25, -0.2) is 26.4 Å². The number of hydrogen-bond donors (Lipinski definition) is 1. The Morgan fingerprint density at radius 2 is 1.17 bits per heavy atom. The molecule has 0 aliphatic heterocycles. The first-order valence-electron chi connectivity index (χ1n) is 13.6. The highest BCUT2D eigenvalue weighted by molar-refractivity contribution is 8.06. The Morgan fingerprint density at radius 1 is 0.805 bits per heavy atom. The van der Waals surface area contributed by atoms with Crippen LogP contribution in [-0.4, -0.2) is 52.5 Å². The largest absolute Gasteiger partial charge is 0.460 e. The van der Waals surface area contributed by atoms with Gasteiger partial charge >= 0.3 is 42.5 Å². The number of halogens is 4. The van der Waals surface area contributed by atoms with Gasteiger partial charge in [0, 0.05) is 10.8 Å². The first-order valence-corrected chi connectivity index (χ1v) is 16.6. The van der Waals surface area contributed by atoms with Crippen molar-refractivity contribution in [3.63, 3.8) is 0 Å². The summed E-state index contributed by atoms with van der Waals surface area (Å²) in [5.74, 6) is -5.06. The van der Waals surface area contributed by atoms with Gasteiger partial charge in [-0.15, -0.1) is 0 Å². The Morgan fingerprint density at radius 3 is 1.54 bits per heavy atom. The summed E-state index contributed by atoms with van der Waals surface area (Å²) in [6.07, 6.45) is 10.2. The first-order chi connectivity index (χ1) is 18.8. The van der Waals surface area contributed by atoms with Crippen LogP contribution >= 0.6 is 0 Å². The van der Waals surface area contributed by atoms with Crippen LogP contribution in [0.5, 0.6) is 0 Å². The highest BCUT2D eigenvalue weighted by atomic mass is 32.3. The summed E-state index contributed by atoms with van der Waals surface area (Å²) >= 11 is 0. The molecular weight excluding hydrogens is 594 g/mol. The van der Waals surface area contributed by atoms with Crippen molar-refractivity contribution in [2.75, 3.05) is 13.2 Å². The summed E-state index contributed by atoms with van der Waals surface area (Å²) in [6.45, 7) is 2.70. The highest BCUT2D eigenvalue weighted by Crippen LogP contribution is 2.49. The Kier molecular flexibility index (Phi) is 8.51. The molecule has 0 aromatic heterocycles. The summed E-state index contributed by atoms with van der Waals surface area (Å²) in [7, 11) is -13.3. The van der Waals surface area contributed by atoms with Gasteiger partial charge < -0.3 is 9.47 Å². The van der Waals surface area contributed by atoms with E-state index in [1.165, 1.54) is 0 Å². The van der Waals surface area contributed by atoms with Gasteiger partial charge in [0.2, 0.25) is 0 Å². The summed E-state index contributed by atoms with van der Waals surface area (Å²) < 4.78 is 117. The fourth-order valence-corrected chi connectivity index (χ4v) is 9.61. The molecule has 0 amide bonds. The third-order valence-electron chi connectivity index (χ3n) is 8.55. The van der Waals surface area contributed by atoms with Crippen molar-refractivity contribution < 1.29 is 53.5 Å². The van der Waals surface area contributed by atoms with Crippen LogP contribution in [0.3, 0.4) is 0 Å². The predicted octanol–water partition coefficient (Wildman–Crippen LogP) is 4.56. The fourth-order valence-electron chi connectivity index (χ4n) is 7.06. The van der Waals surface area contributed by atoms with E-state index in [0.717, 1.165) is 24.0 Å². The minimum absolute atomic E-state index is 0.0773. The van der Waals surface area contributed by atoms with Crippen LogP contribution in [0.15, 0.2) is 23.3 Å². The molecule has 0 aromatic carbocycles. The molecule has 4 atom stereocenters. The molecule has 0 heterocycles. The molecule has 4 unspecified atom stereocenters. The van der Waals surface area contributed by atoms with Crippen LogP contribution in [-0.2, 0) is 39.1 Å². The summed E-state index contributed by atoms with van der Waals surface area (Å²) in [5, 5.41) is -11.1. The minimum Gasteiger partial charge on any atom is -0.460 e. The Hall–Kier alpha value is -2.00. The quantitative estimate of drug-likeness (QED) is 0.211. The number of carbonyl (C=O) groups excluding carboxylic acids is 2. The number of allylic oxidation sites excluding steroid dienone is 4. The number of hydrogen-bond acceptors (Lipinski definition) is 8. The summed E-state index contributed by atoms with van der Waals surface area (Å²) in [5.41, 5.74) is 0.784. The molecule has 2 fully saturated rings. The number of carbonyl (C=O) groups is 2.